The van der Waals surface area contributed by atoms with Crippen molar-refractivity contribution in [3.05, 3.63) is 108 Å². The first-order valence-corrected chi connectivity index (χ1v) is 15.3. The van der Waals surface area contributed by atoms with Gasteiger partial charge in [-0.05, 0) is 116 Å². The quantitative estimate of drug-likeness (QED) is 0.101. The topological polar surface area (TPSA) is 18.5 Å². The molecular formula is C28H24I3O2S+. The third-order valence-corrected chi connectivity index (χ3v) is 9.43. The van der Waals surface area contributed by atoms with Gasteiger partial charge in [0.2, 0.25) is 6.29 Å². The zero-order valence-electron chi connectivity index (χ0n) is 18.8. The summed E-state index contributed by atoms with van der Waals surface area (Å²) in [5.74, 6) is 1.87. The zero-order valence-corrected chi connectivity index (χ0v) is 26.0. The van der Waals surface area contributed by atoms with Gasteiger partial charge in [0, 0.05) is 15.6 Å². The van der Waals surface area contributed by atoms with Crippen LogP contribution in [0.1, 0.15) is 13.8 Å². The normalized spacial score (nSPS) is 12.1. The number of hydrogen-bond acceptors (Lipinski definition) is 2. The predicted octanol–water partition coefficient (Wildman–Crippen LogP) is 9.04. The van der Waals surface area contributed by atoms with Gasteiger partial charge in [0.25, 0.3) is 0 Å². The van der Waals surface area contributed by atoms with Gasteiger partial charge in [-0.2, -0.15) is 0 Å². The molecule has 0 aliphatic rings. The number of hydrogen-bond donors (Lipinski definition) is 0. The van der Waals surface area contributed by atoms with E-state index in [0.717, 1.165) is 18.6 Å². The van der Waals surface area contributed by atoms with E-state index in [9.17, 15) is 0 Å². The van der Waals surface area contributed by atoms with Crippen LogP contribution in [0, 0.1) is 16.6 Å². The van der Waals surface area contributed by atoms with Gasteiger partial charge in [0.05, 0.1) is 18.0 Å². The summed E-state index contributed by atoms with van der Waals surface area (Å²) in [4.78, 5) is 3.78. The van der Waals surface area contributed by atoms with E-state index in [1.54, 1.807) is 0 Å². The molecule has 0 bridgehead atoms. The van der Waals surface area contributed by atoms with Crippen LogP contribution < -0.4 is 9.47 Å². The maximum absolute atomic E-state index is 6.46. The van der Waals surface area contributed by atoms with E-state index >= 15 is 0 Å². The van der Waals surface area contributed by atoms with Crippen molar-refractivity contribution >= 4 is 78.7 Å². The van der Waals surface area contributed by atoms with Crippen LogP contribution in [0.4, 0.5) is 0 Å². The Kier molecular flexibility index (Phi) is 9.45. The van der Waals surface area contributed by atoms with Gasteiger partial charge < -0.3 is 9.47 Å². The Balaban J connectivity index is 1.65. The highest BCUT2D eigenvalue weighted by Gasteiger charge is 2.29. The van der Waals surface area contributed by atoms with E-state index in [1.165, 1.54) is 18.3 Å². The van der Waals surface area contributed by atoms with Crippen LogP contribution in [-0.2, 0) is 10.9 Å². The van der Waals surface area contributed by atoms with Gasteiger partial charge in [0.15, 0.2) is 20.4 Å². The summed E-state index contributed by atoms with van der Waals surface area (Å²) in [7, 11) is -0.222. The monoisotopic (exact) mass is 805 g/mol. The molecular weight excluding hydrogens is 781 g/mol. The lowest BCUT2D eigenvalue weighted by atomic mass is 10.2. The Labute approximate surface area is 245 Å². The molecule has 0 fully saturated rings. The average Bonchev–Trinajstić information content (AvgIpc) is 2.82. The fourth-order valence-corrected chi connectivity index (χ4v) is 9.34. The molecule has 1 atom stereocenters. The molecule has 0 aliphatic carbocycles. The van der Waals surface area contributed by atoms with Gasteiger partial charge in [-0.1, -0.05) is 56.3 Å². The van der Waals surface area contributed by atoms with Crippen molar-refractivity contribution < 1.29 is 9.47 Å². The number of halogens is 3. The van der Waals surface area contributed by atoms with Crippen LogP contribution in [0.2, 0.25) is 0 Å². The van der Waals surface area contributed by atoms with Crippen molar-refractivity contribution in [2.45, 2.75) is 34.8 Å². The molecule has 0 heterocycles. The Morgan fingerprint density at radius 3 is 1.68 bits per heavy atom. The van der Waals surface area contributed by atoms with E-state index in [0.29, 0.717) is 0 Å². The molecule has 6 heteroatoms. The van der Waals surface area contributed by atoms with E-state index in [1.807, 2.05) is 6.07 Å². The van der Waals surface area contributed by atoms with Crippen LogP contribution in [0.3, 0.4) is 0 Å². The zero-order chi connectivity index (χ0) is 24.1. The second-order valence-electron chi connectivity index (χ2n) is 7.95. The molecule has 0 N–H and O–H groups in total. The molecule has 2 nitrogen and oxygen atoms in total. The minimum atomic E-state index is -0.396. The smallest absolute Gasteiger partial charge is 0.243 e. The molecule has 34 heavy (non-hydrogen) atoms. The van der Waals surface area contributed by atoms with Gasteiger partial charge in [-0.3, -0.25) is 0 Å². The molecule has 174 valence electrons. The summed E-state index contributed by atoms with van der Waals surface area (Å²) in [6.45, 7) is 4.25. The average molecular weight is 805 g/mol. The molecule has 0 amide bonds. The number of ether oxygens (including phenoxy) is 2. The SMILES string of the molecule is CC(C)C(Oc1cccc([S+](c2ccccc2)c2ccccc2)c1)Oc1c(I)cc(I)cc1I. The van der Waals surface area contributed by atoms with Crippen molar-refractivity contribution in [3.63, 3.8) is 0 Å². The summed E-state index contributed by atoms with van der Waals surface area (Å²) in [5.41, 5.74) is 0. The molecule has 4 rings (SSSR count). The van der Waals surface area contributed by atoms with E-state index in [2.05, 4.69) is 173 Å². The van der Waals surface area contributed by atoms with Crippen molar-refractivity contribution in [1.29, 1.82) is 0 Å². The first kappa shape index (κ1) is 26.1. The van der Waals surface area contributed by atoms with Crippen LogP contribution in [0.15, 0.2) is 112 Å². The lowest BCUT2D eigenvalue weighted by Gasteiger charge is -2.25. The van der Waals surface area contributed by atoms with E-state index in [-0.39, 0.29) is 16.8 Å². The van der Waals surface area contributed by atoms with Gasteiger partial charge >= 0.3 is 0 Å². The highest BCUT2D eigenvalue weighted by molar-refractivity contribution is 14.1. The molecule has 0 aliphatic heterocycles. The summed E-state index contributed by atoms with van der Waals surface area (Å²) in [6.07, 6.45) is -0.396. The molecule has 4 aromatic rings. The van der Waals surface area contributed by atoms with Gasteiger partial charge in [0.1, 0.15) is 5.75 Å². The number of rotatable bonds is 8. The second kappa shape index (κ2) is 12.3. The molecule has 0 saturated carbocycles. The fraction of sp³-hybridized carbons (Fsp3) is 0.143. The van der Waals surface area contributed by atoms with Gasteiger partial charge in [-0.25, -0.2) is 0 Å². The first-order chi connectivity index (χ1) is 16.4. The largest absolute Gasteiger partial charge is 0.454 e. The van der Waals surface area contributed by atoms with Crippen LogP contribution >= 0.6 is 67.8 Å². The van der Waals surface area contributed by atoms with E-state index in [4.69, 9.17) is 9.47 Å². The van der Waals surface area contributed by atoms with Crippen molar-refractivity contribution in [2.75, 3.05) is 0 Å². The van der Waals surface area contributed by atoms with Crippen LogP contribution in [-0.4, -0.2) is 6.29 Å². The molecule has 0 spiro atoms. The molecule has 4 aromatic carbocycles. The third kappa shape index (κ3) is 6.61. The molecule has 0 aromatic heterocycles. The standard InChI is InChI=1S/C28H24I3O2S/c1-19(2)28(33-27-25(30)16-20(29)17-26(27)31)32-21-10-9-15-24(18-21)34(22-11-5-3-6-12-22)23-13-7-4-8-14-23/h3-19,28H,1-2H3/q+1. The van der Waals surface area contributed by atoms with Crippen LogP contribution in [0.25, 0.3) is 0 Å². The minimum absolute atomic E-state index is 0.177. The Bertz CT molecular complexity index is 1170. The van der Waals surface area contributed by atoms with E-state index < -0.39 is 6.29 Å². The highest BCUT2D eigenvalue weighted by Crippen LogP contribution is 2.35. The molecule has 0 radical (unpaired) electrons. The summed E-state index contributed by atoms with van der Waals surface area (Å²) in [6, 6.07) is 34.0. The summed E-state index contributed by atoms with van der Waals surface area (Å²) < 4.78 is 16.3. The maximum atomic E-state index is 6.46. The predicted molar refractivity (Wildman–Crippen MR) is 166 cm³/mol. The fourth-order valence-electron chi connectivity index (χ4n) is 3.38. The Morgan fingerprint density at radius 1 is 0.618 bits per heavy atom. The minimum Gasteiger partial charge on any atom is -0.454 e. The summed E-state index contributed by atoms with van der Waals surface area (Å²) >= 11 is 7.01. The summed E-state index contributed by atoms with van der Waals surface area (Å²) in [5, 5.41) is 0. The maximum Gasteiger partial charge on any atom is 0.243 e. The van der Waals surface area contributed by atoms with Gasteiger partial charge in [-0.15, -0.1) is 0 Å². The Hall–Kier alpha value is -0.980. The Morgan fingerprint density at radius 2 is 1.15 bits per heavy atom. The molecule has 0 saturated heterocycles. The third-order valence-electron chi connectivity index (χ3n) is 4.99. The first-order valence-electron chi connectivity index (χ1n) is 10.8. The highest BCUT2D eigenvalue weighted by atomic mass is 127. The second-order valence-corrected chi connectivity index (χ2v) is 13.6. The van der Waals surface area contributed by atoms with Crippen molar-refractivity contribution in [1.82, 2.24) is 0 Å². The van der Waals surface area contributed by atoms with Crippen molar-refractivity contribution in [2.24, 2.45) is 5.92 Å². The lowest BCUT2D eigenvalue weighted by Crippen LogP contribution is -2.30. The number of benzene rings is 4. The van der Waals surface area contributed by atoms with Crippen molar-refractivity contribution in [3.8, 4) is 11.5 Å². The van der Waals surface area contributed by atoms with Crippen LogP contribution in [0.5, 0.6) is 11.5 Å². The molecule has 1 unspecified atom stereocenters. The lowest BCUT2D eigenvalue weighted by molar-refractivity contribution is -0.0310.